The molecule has 0 saturated heterocycles. The third-order valence-corrected chi connectivity index (χ3v) is 3.24. The molecule has 138 valence electrons. The predicted octanol–water partition coefficient (Wildman–Crippen LogP) is 1.09. The number of esters is 1. The van der Waals surface area contributed by atoms with Gasteiger partial charge in [0.25, 0.3) is 5.91 Å². The normalized spacial score (nSPS) is 11.4. The summed E-state index contributed by atoms with van der Waals surface area (Å²) in [5, 5.41) is 1.90. The molecular formula is C16H22N2O7. The molecule has 9 heteroatoms. The zero-order valence-corrected chi connectivity index (χ0v) is 14.7. The number of primary amides is 1. The van der Waals surface area contributed by atoms with E-state index in [1.807, 2.05) is 5.32 Å². The van der Waals surface area contributed by atoms with Crippen LogP contribution in [-0.2, 0) is 9.53 Å². The number of imide groups is 1. The van der Waals surface area contributed by atoms with E-state index in [2.05, 4.69) is 0 Å². The number of methoxy groups -OCH3 is 3. The first-order valence-electron chi connectivity index (χ1n) is 7.36. The van der Waals surface area contributed by atoms with Crippen LogP contribution < -0.4 is 25.3 Å². The van der Waals surface area contributed by atoms with Gasteiger partial charge >= 0.3 is 12.0 Å². The van der Waals surface area contributed by atoms with Crippen LogP contribution in [0.5, 0.6) is 17.2 Å². The van der Waals surface area contributed by atoms with E-state index in [0.717, 1.165) is 0 Å². The first kappa shape index (κ1) is 20.1. The molecule has 0 aliphatic heterocycles. The molecule has 0 fully saturated rings. The van der Waals surface area contributed by atoms with E-state index < -0.39 is 24.0 Å². The fourth-order valence-corrected chi connectivity index (χ4v) is 2.07. The quantitative estimate of drug-likeness (QED) is 0.702. The first-order valence-corrected chi connectivity index (χ1v) is 7.36. The highest BCUT2D eigenvalue weighted by molar-refractivity contribution is 5.98. The maximum absolute atomic E-state index is 12.4. The molecular weight excluding hydrogens is 332 g/mol. The van der Waals surface area contributed by atoms with Crippen molar-refractivity contribution in [3.8, 4) is 17.2 Å². The number of hydrogen-bond acceptors (Lipinski definition) is 7. The number of urea groups is 1. The minimum Gasteiger partial charge on any atom is -0.493 e. The number of hydrogen-bond donors (Lipinski definition) is 2. The molecule has 0 saturated carbocycles. The molecule has 0 aliphatic rings. The lowest BCUT2D eigenvalue weighted by Gasteiger charge is -2.20. The second kappa shape index (κ2) is 8.76. The molecule has 0 spiro atoms. The smallest absolute Gasteiger partial charge is 0.339 e. The van der Waals surface area contributed by atoms with E-state index in [1.165, 1.54) is 33.5 Å². The van der Waals surface area contributed by atoms with Gasteiger partial charge in [-0.1, -0.05) is 13.8 Å². The van der Waals surface area contributed by atoms with Crippen LogP contribution in [0.1, 0.15) is 24.2 Å². The second-order valence-corrected chi connectivity index (χ2v) is 5.34. The zero-order valence-electron chi connectivity index (χ0n) is 14.7. The van der Waals surface area contributed by atoms with Crippen LogP contribution in [0, 0.1) is 5.92 Å². The summed E-state index contributed by atoms with van der Waals surface area (Å²) in [6.07, 6.45) is -1.20. The van der Waals surface area contributed by atoms with Gasteiger partial charge in [-0.3, -0.25) is 10.1 Å². The van der Waals surface area contributed by atoms with Gasteiger partial charge in [0.2, 0.25) is 5.75 Å². The monoisotopic (exact) mass is 354 g/mol. The fourth-order valence-electron chi connectivity index (χ4n) is 2.07. The summed E-state index contributed by atoms with van der Waals surface area (Å²) in [4.78, 5) is 35.2. The average Bonchev–Trinajstić information content (AvgIpc) is 2.56. The molecule has 0 aliphatic carbocycles. The van der Waals surface area contributed by atoms with Crippen LogP contribution in [0.25, 0.3) is 0 Å². The summed E-state index contributed by atoms with van der Waals surface area (Å²) in [5.74, 6) is -1.15. The number of nitrogens with one attached hydrogen (secondary N) is 1. The summed E-state index contributed by atoms with van der Waals surface area (Å²) in [6, 6.07) is 1.76. The largest absolute Gasteiger partial charge is 0.493 e. The molecule has 0 aromatic heterocycles. The van der Waals surface area contributed by atoms with Gasteiger partial charge in [-0.25, -0.2) is 9.59 Å². The lowest BCUT2D eigenvalue weighted by Crippen LogP contribution is -2.45. The summed E-state index contributed by atoms with van der Waals surface area (Å²) >= 11 is 0. The Morgan fingerprint density at radius 2 is 1.52 bits per heavy atom. The molecule has 9 nitrogen and oxygen atoms in total. The summed E-state index contributed by atoms with van der Waals surface area (Å²) < 4.78 is 20.7. The van der Waals surface area contributed by atoms with Crippen molar-refractivity contribution >= 4 is 17.9 Å². The average molecular weight is 354 g/mol. The third-order valence-electron chi connectivity index (χ3n) is 3.24. The number of carbonyl (C=O) groups excluding carboxylic acids is 3. The molecule has 1 rings (SSSR count). The van der Waals surface area contributed by atoms with Crippen LogP contribution in [0.4, 0.5) is 4.79 Å². The summed E-state index contributed by atoms with van der Waals surface area (Å²) in [6.45, 7) is 3.32. The van der Waals surface area contributed by atoms with Gasteiger partial charge < -0.3 is 24.7 Å². The van der Waals surface area contributed by atoms with Crippen LogP contribution in [0.3, 0.4) is 0 Å². The van der Waals surface area contributed by atoms with Crippen LogP contribution in [0.2, 0.25) is 0 Å². The van der Waals surface area contributed by atoms with E-state index in [1.54, 1.807) is 13.8 Å². The number of rotatable bonds is 7. The summed E-state index contributed by atoms with van der Waals surface area (Å²) in [5.41, 5.74) is 5.01. The highest BCUT2D eigenvalue weighted by Gasteiger charge is 2.29. The Balaban J connectivity index is 3.13. The minimum atomic E-state index is -1.20. The van der Waals surface area contributed by atoms with E-state index in [-0.39, 0.29) is 23.0 Å². The molecule has 25 heavy (non-hydrogen) atoms. The topological polar surface area (TPSA) is 126 Å². The van der Waals surface area contributed by atoms with Crippen molar-refractivity contribution < 1.29 is 33.3 Å². The van der Waals surface area contributed by atoms with Crippen LogP contribution in [0.15, 0.2) is 12.1 Å². The molecule has 1 aromatic carbocycles. The molecule has 3 N–H and O–H groups in total. The zero-order chi connectivity index (χ0) is 19.1. The Morgan fingerprint density at radius 3 is 1.88 bits per heavy atom. The Labute approximate surface area is 145 Å². The molecule has 1 aromatic rings. The van der Waals surface area contributed by atoms with Gasteiger partial charge in [-0.15, -0.1) is 0 Å². The van der Waals surface area contributed by atoms with E-state index >= 15 is 0 Å². The van der Waals surface area contributed by atoms with Gasteiger partial charge in [-0.2, -0.15) is 0 Å². The van der Waals surface area contributed by atoms with Crippen molar-refractivity contribution in [2.45, 2.75) is 20.0 Å². The third kappa shape index (κ3) is 5.00. The lowest BCUT2D eigenvalue weighted by atomic mass is 10.1. The highest BCUT2D eigenvalue weighted by Crippen LogP contribution is 2.38. The maximum atomic E-state index is 12.4. The molecule has 1 atom stereocenters. The predicted molar refractivity (Wildman–Crippen MR) is 87.9 cm³/mol. The van der Waals surface area contributed by atoms with Gasteiger partial charge in [-0.05, 0) is 18.1 Å². The van der Waals surface area contributed by atoms with Gasteiger partial charge in [0.15, 0.2) is 17.6 Å². The fraction of sp³-hybridized carbons (Fsp3) is 0.438. The van der Waals surface area contributed by atoms with Crippen molar-refractivity contribution in [2.24, 2.45) is 11.7 Å². The van der Waals surface area contributed by atoms with Crippen molar-refractivity contribution in [2.75, 3.05) is 21.3 Å². The first-order chi connectivity index (χ1) is 11.7. The van der Waals surface area contributed by atoms with Crippen molar-refractivity contribution in [3.05, 3.63) is 17.7 Å². The Kier molecular flexibility index (Phi) is 7.04. The second-order valence-electron chi connectivity index (χ2n) is 5.34. The van der Waals surface area contributed by atoms with Gasteiger partial charge in [0.05, 0.1) is 26.9 Å². The molecule has 3 amide bonds. The number of amides is 3. The van der Waals surface area contributed by atoms with Crippen LogP contribution in [-0.4, -0.2) is 45.3 Å². The van der Waals surface area contributed by atoms with Gasteiger partial charge in [0, 0.05) is 0 Å². The Bertz CT molecular complexity index is 633. The number of benzene rings is 1. The molecule has 0 heterocycles. The lowest BCUT2D eigenvalue weighted by molar-refractivity contribution is -0.130. The van der Waals surface area contributed by atoms with Gasteiger partial charge in [0.1, 0.15) is 0 Å². The SMILES string of the molecule is COc1cc(C(=O)O[C@@H](C(=O)NC(N)=O)C(C)C)cc(OC)c1OC. The standard InChI is InChI=1S/C16H22N2O7/c1-8(2)12(14(19)18-16(17)21)25-15(20)9-6-10(22-3)13(24-5)11(7-9)23-4/h6-8,12H,1-5H3,(H3,17,18,19,21)/t12-/m1/s1. The molecule has 0 radical (unpaired) electrons. The van der Waals surface area contributed by atoms with Crippen LogP contribution >= 0.6 is 0 Å². The minimum absolute atomic E-state index is 0.0898. The van der Waals surface area contributed by atoms with E-state index in [4.69, 9.17) is 24.7 Å². The molecule has 0 unspecified atom stereocenters. The maximum Gasteiger partial charge on any atom is 0.339 e. The Hall–Kier alpha value is -2.97. The molecule has 0 bridgehead atoms. The van der Waals surface area contributed by atoms with Crippen molar-refractivity contribution in [1.29, 1.82) is 0 Å². The summed E-state index contributed by atoms with van der Waals surface area (Å²) in [7, 11) is 4.24. The van der Waals surface area contributed by atoms with E-state index in [9.17, 15) is 14.4 Å². The number of nitrogens with two attached hydrogens (primary N) is 1. The highest BCUT2D eigenvalue weighted by atomic mass is 16.6. The number of carbonyl (C=O) groups is 3. The van der Waals surface area contributed by atoms with E-state index in [0.29, 0.717) is 5.75 Å². The number of ether oxygens (including phenoxy) is 4. The Morgan fingerprint density at radius 1 is 1.00 bits per heavy atom. The van der Waals surface area contributed by atoms with Crippen molar-refractivity contribution in [1.82, 2.24) is 5.32 Å². The van der Waals surface area contributed by atoms with Crippen molar-refractivity contribution in [3.63, 3.8) is 0 Å².